The van der Waals surface area contributed by atoms with Crippen molar-refractivity contribution in [3.8, 4) is 0 Å². The average molecular weight is 430 g/mol. The Morgan fingerprint density at radius 2 is 1.84 bits per heavy atom. The van der Waals surface area contributed by atoms with Crippen molar-refractivity contribution >= 4 is 23.0 Å². The molecule has 1 fully saturated rings. The molecule has 5 nitrogen and oxygen atoms in total. The highest BCUT2D eigenvalue weighted by Crippen LogP contribution is 2.42. The van der Waals surface area contributed by atoms with Gasteiger partial charge >= 0.3 is 0 Å². The Balaban J connectivity index is 1.62. The van der Waals surface area contributed by atoms with E-state index in [9.17, 15) is 4.39 Å². The van der Waals surface area contributed by atoms with Crippen LogP contribution in [0.25, 0.3) is 0 Å². The maximum atomic E-state index is 14.8. The zero-order valence-corrected chi connectivity index (χ0v) is 17.4. The third kappa shape index (κ3) is 3.68. The second-order valence-electron chi connectivity index (χ2n) is 7.37. The van der Waals surface area contributed by atoms with E-state index in [1.807, 2.05) is 59.8 Å². The summed E-state index contributed by atoms with van der Waals surface area (Å²) in [5, 5.41) is 3.85. The molecular formula is C24H20FN5S. The maximum absolute atomic E-state index is 14.8. The maximum Gasteiger partial charge on any atom is 0.174 e. The topological polar surface area (TPSA) is 46.0 Å². The van der Waals surface area contributed by atoms with Crippen LogP contribution in [0.1, 0.15) is 29.0 Å². The van der Waals surface area contributed by atoms with Gasteiger partial charge in [0.25, 0.3) is 0 Å². The van der Waals surface area contributed by atoms with E-state index in [2.05, 4.69) is 25.9 Å². The number of benzene rings is 1. The molecule has 5 rings (SSSR count). The fourth-order valence-electron chi connectivity index (χ4n) is 4.09. The second-order valence-corrected chi connectivity index (χ2v) is 7.76. The minimum absolute atomic E-state index is 0.226. The van der Waals surface area contributed by atoms with Crippen LogP contribution in [0.3, 0.4) is 0 Å². The average Bonchev–Trinajstić information content (AvgIpc) is 3.39. The Hall–Kier alpha value is -3.58. The van der Waals surface area contributed by atoms with Crippen LogP contribution < -0.4 is 10.2 Å². The van der Waals surface area contributed by atoms with E-state index in [1.54, 1.807) is 24.5 Å². The number of rotatable bonds is 5. The van der Waals surface area contributed by atoms with Crippen molar-refractivity contribution in [1.82, 2.24) is 19.9 Å². The molecule has 0 radical (unpaired) electrons. The van der Waals surface area contributed by atoms with E-state index >= 15 is 0 Å². The van der Waals surface area contributed by atoms with Crippen molar-refractivity contribution in [3.63, 3.8) is 0 Å². The summed E-state index contributed by atoms with van der Waals surface area (Å²) in [5.41, 5.74) is 3.38. The van der Waals surface area contributed by atoms with Gasteiger partial charge < -0.3 is 14.8 Å². The zero-order chi connectivity index (χ0) is 21.2. The van der Waals surface area contributed by atoms with Crippen molar-refractivity contribution < 1.29 is 4.39 Å². The third-order valence-corrected chi connectivity index (χ3v) is 5.77. The SMILES string of the molecule is Fc1ccccc1N1C(=S)N[C@@H](c2ccccn2)[C@@H]1c1cccn1Cc1cccnc1. The third-order valence-electron chi connectivity index (χ3n) is 5.45. The number of para-hydroxylation sites is 1. The van der Waals surface area contributed by atoms with Crippen molar-refractivity contribution in [1.29, 1.82) is 0 Å². The van der Waals surface area contributed by atoms with Gasteiger partial charge in [-0.15, -0.1) is 0 Å². The van der Waals surface area contributed by atoms with Crippen LogP contribution >= 0.6 is 12.2 Å². The molecule has 0 saturated carbocycles. The molecule has 1 saturated heterocycles. The molecular weight excluding hydrogens is 409 g/mol. The lowest BCUT2D eigenvalue weighted by atomic mass is 10.0. The van der Waals surface area contributed by atoms with Crippen molar-refractivity contribution in [2.24, 2.45) is 0 Å². The molecule has 0 amide bonds. The number of hydrogen-bond acceptors (Lipinski definition) is 3. The number of anilines is 1. The normalized spacial score (nSPS) is 18.2. The van der Waals surface area contributed by atoms with Crippen LogP contribution in [0.5, 0.6) is 0 Å². The monoisotopic (exact) mass is 429 g/mol. The fourth-order valence-corrected chi connectivity index (χ4v) is 4.43. The minimum Gasteiger partial charge on any atom is -0.351 e. The van der Waals surface area contributed by atoms with E-state index < -0.39 is 0 Å². The van der Waals surface area contributed by atoms with Crippen molar-refractivity contribution in [3.05, 3.63) is 114 Å². The van der Waals surface area contributed by atoms with Crippen LogP contribution in [-0.2, 0) is 6.54 Å². The predicted molar refractivity (Wildman–Crippen MR) is 122 cm³/mol. The van der Waals surface area contributed by atoms with E-state index in [1.165, 1.54) is 6.07 Å². The van der Waals surface area contributed by atoms with Gasteiger partial charge in [-0.1, -0.05) is 24.3 Å². The molecule has 2 atom stereocenters. The fraction of sp³-hybridized carbons (Fsp3) is 0.125. The molecule has 1 aromatic carbocycles. The number of nitrogens with zero attached hydrogens (tertiary/aromatic N) is 4. The molecule has 0 spiro atoms. The van der Waals surface area contributed by atoms with Gasteiger partial charge in [0.05, 0.1) is 17.4 Å². The molecule has 1 aliphatic heterocycles. The van der Waals surface area contributed by atoms with Gasteiger partial charge in [-0.2, -0.15) is 0 Å². The molecule has 0 unspecified atom stereocenters. The van der Waals surface area contributed by atoms with Crippen LogP contribution in [0.2, 0.25) is 0 Å². The van der Waals surface area contributed by atoms with Gasteiger partial charge in [-0.3, -0.25) is 9.97 Å². The van der Waals surface area contributed by atoms with E-state index in [0.29, 0.717) is 17.3 Å². The van der Waals surface area contributed by atoms with Gasteiger partial charge in [0.2, 0.25) is 0 Å². The summed E-state index contributed by atoms with van der Waals surface area (Å²) in [6, 6.07) is 20.0. The Morgan fingerprint density at radius 3 is 2.61 bits per heavy atom. The molecule has 1 aliphatic rings. The number of pyridine rings is 2. The smallest absolute Gasteiger partial charge is 0.174 e. The van der Waals surface area contributed by atoms with Gasteiger partial charge in [0.15, 0.2) is 5.11 Å². The zero-order valence-electron chi connectivity index (χ0n) is 16.6. The van der Waals surface area contributed by atoms with Crippen molar-refractivity contribution in [2.75, 3.05) is 4.90 Å². The first kappa shape index (κ1) is 19.4. The summed E-state index contributed by atoms with van der Waals surface area (Å²) in [6.45, 7) is 0.652. The number of hydrogen-bond donors (Lipinski definition) is 1. The summed E-state index contributed by atoms with van der Waals surface area (Å²) in [7, 11) is 0. The number of thiocarbonyl (C=S) groups is 1. The summed E-state index contributed by atoms with van der Waals surface area (Å²) < 4.78 is 17.0. The molecule has 7 heteroatoms. The Kier molecular flexibility index (Phi) is 5.18. The lowest BCUT2D eigenvalue weighted by molar-refractivity contribution is 0.527. The lowest BCUT2D eigenvalue weighted by Gasteiger charge is -2.29. The molecule has 0 aliphatic carbocycles. The number of halogens is 1. The summed E-state index contributed by atoms with van der Waals surface area (Å²) in [6.07, 6.45) is 7.40. The first-order valence-corrected chi connectivity index (χ1v) is 10.4. The van der Waals surface area contributed by atoms with Crippen molar-refractivity contribution in [2.45, 2.75) is 18.6 Å². The van der Waals surface area contributed by atoms with Crippen LogP contribution in [-0.4, -0.2) is 19.6 Å². The molecule has 4 heterocycles. The number of aromatic nitrogens is 3. The van der Waals surface area contributed by atoms with Crippen LogP contribution in [0.15, 0.2) is 91.5 Å². The highest BCUT2D eigenvalue weighted by molar-refractivity contribution is 7.80. The Bertz CT molecular complexity index is 1190. The largest absolute Gasteiger partial charge is 0.351 e. The molecule has 1 N–H and O–H groups in total. The molecule has 154 valence electrons. The minimum atomic E-state index is -0.316. The standard InChI is InChI=1S/C24H20FN5S/c25-18-8-1-2-10-20(18)30-23(22(28-24(30)31)19-9-3-4-13-27-19)21-11-6-14-29(21)16-17-7-5-12-26-15-17/h1-15,22-23H,16H2,(H,28,31)/t22-,23-/m0/s1. The van der Waals surface area contributed by atoms with E-state index in [-0.39, 0.29) is 17.9 Å². The first-order chi connectivity index (χ1) is 15.2. The van der Waals surface area contributed by atoms with Crippen LogP contribution in [0.4, 0.5) is 10.1 Å². The van der Waals surface area contributed by atoms with Crippen LogP contribution in [0, 0.1) is 5.82 Å². The van der Waals surface area contributed by atoms with E-state index in [4.69, 9.17) is 12.2 Å². The summed E-state index contributed by atoms with van der Waals surface area (Å²) in [5.74, 6) is -0.316. The summed E-state index contributed by atoms with van der Waals surface area (Å²) >= 11 is 5.68. The molecule has 0 bridgehead atoms. The Morgan fingerprint density at radius 1 is 0.968 bits per heavy atom. The highest BCUT2D eigenvalue weighted by atomic mass is 32.1. The molecule has 3 aromatic heterocycles. The van der Waals surface area contributed by atoms with Gasteiger partial charge in [-0.25, -0.2) is 4.39 Å². The van der Waals surface area contributed by atoms with E-state index in [0.717, 1.165) is 17.0 Å². The molecule has 4 aromatic rings. The van der Waals surface area contributed by atoms with Gasteiger partial charge in [0.1, 0.15) is 11.9 Å². The number of nitrogens with one attached hydrogen (secondary N) is 1. The molecule has 31 heavy (non-hydrogen) atoms. The highest BCUT2D eigenvalue weighted by Gasteiger charge is 2.42. The van der Waals surface area contributed by atoms with Gasteiger partial charge in [-0.05, 0) is 60.2 Å². The van der Waals surface area contributed by atoms with Gasteiger partial charge in [0, 0.05) is 37.0 Å². The first-order valence-electron chi connectivity index (χ1n) is 10.0. The lowest BCUT2D eigenvalue weighted by Crippen LogP contribution is -2.31. The Labute approximate surface area is 185 Å². The second kappa shape index (κ2) is 8.28. The summed E-state index contributed by atoms with van der Waals surface area (Å²) in [4.78, 5) is 10.6. The predicted octanol–water partition coefficient (Wildman–Crippen LogP) is 4.64. The quantitative estimate of drug-likeness (QED) is 0.468.